The number of rotatable bonds is 6. The van der Waals surface area contributed by atoms with E-state index >= 15 is 0 Å². The van der Waals surface area contributed by atoms with Crippen LogP contribution in [0.5, 0.6) is 17.2 Å². The number of aromatic hydroxyl groups is 1. The molecule has 0 bridgehead atoms. The highest BCUT2D eigenvalue weighted by atomic mass is 32.2. The number of ether oxygens (including phenoxy) is 2. The number of thioether (sulfide) groups is 1. The molecule has 2 aliphatic heterocycles. The lowest BCUT2D eigenvalue weighted by molar-refractivity contribution is 0.172. The first-order chi connectivity index (χ1) is 14.1. The zero-order valence-electron chi connectivity index (χ0n) is 17.3. The number of fused-ring (bicyclic) bond motifs is 1. The van der Waals surface area contributed by atoms with E-state index in [9.17, 15) is 5.11 Å². The van der Waals surface area contributed by atoms with E-state index in [-0.39, 0.29) is 11.9 Å². The Balaban J connectivity index is 1.41. The molecule has 4 nitrogen and oxygen atoms in total. The molecule has 0 aromatic heterocycles. The summed E-state index contributed by atoms with van der Waals surface area (Å²) >= 11 is 1.84. The molecule has 0 radical (unpaired) electrons. The molecule has 5 heteroatoms. The second-order valence-corrected chi connectivity index (χ2v) is 9.54. The molecule has 2 aliphatic rings. The molecule has 1 N–H and O–H groups in total. The maximum absolute atomic E-state index is 9.82. The van der Waals surface area contributed by atoms with Gasteiger partial charge in [0, 0.05) is 12.6 Å². The Morgan fingerprint density at radius 2 is 1.86 bits per heavy atom. The van der Waals surface area contributed by atoms with Crippen LogP contribution in [0.2, 0.25) is 0 Å². The molecular formula is C24H31NO3S. The monoisotopic (exact) mass is 413 g/mol. The first kappa shape index (κ1) is 20.4. The number of hydrogen-bond donors (Lipinski definition) is 1. The quantitative estimate of drug-likeness (QED) is 0.676. The highest BCUT2D eigenvalue weighted by molar-refractivity contribution is 8.00. The summed E-state index contributed by atoms with van der Waals surface area (Å²) in [6.07, 6.45) is 3.94. The Morgan fingerprint density at radius 1 is 1.10 bits per heavy atom. The van der Waals surface area contributed by atoms with Crippen molar-refractivity contribution < 1.29 is 14.6 Å². The molecule has 1 fully saturated rings. The standard InChI is InChI=1S/C24H31NO3S/c1-17(2)24-23(28-21-16-19(26)8-11-22(21)29-24)18-6-9-20(10-7-18)27-15-14-25-12-4-3-5-13-25/h6-11,16-17,23-24,26H,3-5,12-15H2,1-2H3/t23-,24-/m0/s1. The van der Waals surface area contributed by atoms with Crippen LogP contribution in [-0.4, -0.2) is 41.5 Å². The van der Waals surface area contributed by atoms with Crippen LogP contribution < -0.4 is 9.47 Å². The van der Waals surface area contributed by atoms with Gasteiger partial charge in [-0.1, -0.05) is 32.4 Å². The third-order valence-corrected chi connectivity index (χ3v) is 7.39. The van der Waals surface area contributed by atoms with Crippen LogP contribution in [0.25, 0.3) is 0 Å². The molecule has 2 aromatic carbocycles. The Labute approximate surface area is 178 Å². The van der Waals surface area contributed by atoms with Gasteiger partial charge < -0.3 is 14.6 Å². The second-order valence-electron chi connectivity index (χ2n) is 8.32. The lowest BCUT2D eigenvalue weighted by Gasteiger charge is -2.35. The van der Waals surface area contributed by atoms with Crippen LogP contribution in [0.3, 0.4) is 0 Å². The highest BCUT2D eigenvalue weighted by Crippen LogP contribution is 2.48. The number of hydrogen-bond acceptors (Lipinski definition) is 5. The summed E-state index contributed by atoms with van der Waals surface area (Å²) in [4.78, 5) is 3.58. The predicted molar refractivity (Wildman–Crippen MR) is 118 cm³/mol. The lowest BCUT2D eigenvalue weighted by Crippen LogP contribution is -2.33. The van der Waals surface area contributed by atoms with Gasteiger partial charge in [-0.2, -0.15) is 0 Å². The average Bonchev–Trinajstić information content (AvgIpc) is 2.74. The number of phenols is 1. The third-order valence-electron chi connectivity index (χ3n) is 5.73. The van der Waals surface area contributed by atoms with Crippen molar-refractivity contribution >= 4 is 11.8 Å². The molecule has 0 saturated carbocycles. The minimum Gasteiger partial charge on any atom is -0.508 e. The van der Waals surface area contributed by atoms with Gasteiger partial charge in [-0.3, -0.25) is 4.90 Å². The molecule has 156 valence electrons. The van der Waals surface area contributed by atoms with Crippen LogP contribution in [0.1, 0.15) is 44.8 Å². The number of likely N-dealkylation sites (tertiary alicyclic amines) is 1. The Morgan fingerprint density at radius 3 is 2.59 bits per heavy atom. The topological polar surface area (TPSA) is 41.9 Å². The van der Waals surface area contributed by atoms with Crippen molar-refractivity contribution in [2.45, 2.75) is 49.4 Å². The van der Waals surface area contributed by atoms with Crippen LogP contribution in [-0.2, 0) is 0 Å². The van der Waals surface area contributed by atoms with E-state index in [4.69, 9.17) is 9.47 Å². The Bertz CT molecular complexity index is 802. The van der Waals surface area contributed by atoms with Gasteiger partial charge in [0.25, 0.3) is 0 Å². The van der Waals surface area contributed by atoms with E-state index in [1.807, 2.05) is 17.8 Å². The smallest absolute Gasteiger partial charge is 0.137 e. The third kappa shape index (κ3) is 5.01. The number of phenolic OH excluding ortho intramolecular Hbond substituents is 1. The summed E-state index contributed by atoms with van der Waals surface area (Å²) < 4.78 is 12.3. The van der Waals surface area contributed by atoms with Crippen molar-refractivity contribution in [2.75, 3.05) is 26.2 Å². The number of benzene rings is 2. The minimum atomic E-state index is -0.0447. The van der Waals surface area contributed by atoms with Gasteiger partial charge in [0.1, 0.15) is 30.0 Å². The number of nitrogens with zero attached hydrogens (tertiary/aromatic N) is 1. The van der Waals surface area contributed by atoms with E-state index in [1.54, 1.807) is 12.1 Å². The maximum Gasteiger partial charge on any atom is 0.137 e. The van der Waals surface area contributed by atoms with Gasteiger partial charge in [-0.25, -0.2) is 0 Å². The fourth-order valence-corrected chi connectivity index (χ4v) is 5.34. The SMILES string of the molecule is CC(C)[C@@H]1Sc2ccc(O)cc2O[C@H]1c1ccc(OCCN2CCCCC2)cc1. The molecule has 0 unspecified atom stereocenters. The first-order valence-corrected chi connectivity index (χ1v) is 11.6. The van der Waals surface area contributed by atoms with Crippen molar-refractivity contribution in [3.8, 4) is 17.2 Å². The molecule has 2 heterocycles. The largest absolute Gasteiger partial charge is 0.508 e. The predicted octanol–water partition coefficient (Wildman–Crippen LogP) is 5.51. The van der Waals surface area contributed by atoms with Gasteiger partial charge in [0.05, 0.1) is 10.1 Å². The van der Waals surface area contributed by atoms with Crippen LogP contribution in [0.15, 0.2) is 47.4 Å². The summed E-state index contributed by atoms with van der Waals surface area (Å²) in [6.45, 7) is 8.60. The summed E-state index contributed by atoms with van der Waals surface area (Å²) in [7, 11) is 0. The van der Waals surface area contributed by atoms with E-state index in [1.165, 1.54) is 32.4 Å². The molecule has 1 saturated heterocycles. The second kappa shape index (κ2) is 9.31. The zero-order valence-corrected chi connectivity index (χ0v) is 18.2. The first-order valence-electron chi connectivity index (χ1n) is 10.7. The highest BCUT2D eigenvalue weighted by Gasteiger charge is 2.34. The molecule has 4 rings (SSSR count). The van der Waals surface area contributed by atoms with Gasteiger partial charge in [-0.15, -0.1) is 11.8 Å². The molecule has 2 atom stereocenters. The van der Waals surface area contributed by atoms with Gasteiger partial charge >= 0.3 is 0 Å². The van der Waals surface area contributed by atoms with Crippen LogP contribution >= 0.6 is 11.8 Å². The van der Waals surface area contributed by atoms with Gasteiger partial charge in [0.15, 0.2) is 0 Å². The van der Waals surface area contributed by atoms with Crippen LogP contribution in [0.4, 0.5) is 0 Å². The van der Waals surface area contributed by atoms with Crippen molar-refractivity contribution in [3.63, 3.8) is 0 Å². The Hall–Kier alpha value is -1.85. The zero-order chi connectivity index (χ0) is 20.2. The summed E-state index contributed by atoms with van der Waals surface area (Å²) in [5.74, 6) is 2.38. The van der Waals surface area contributed by atoms with Crippen LogP contribution in [0, 0.1) is 5.92 Å². The molecule has 0 spiro atoms. The minimum absolute atomic E-state index is 0.0447. The molecule has 2 aromatic rings. The lowest BCUT2D eigenvalue weighted by atomic mass is 9.98. The average molecular weight is 414 g/mol. The van der Waals surface area contributed by atoms with Gasteiger partial charge in [-0.05, 0) is 61.7 Å². The fraction of sp³-hybridized carbons (Fsp3) is 0.500. The normalized spacial score (nSPS) is 22.2. The van der Waals surface area contributed by atoms with E-state index in [0.29, 0.717) is 11.2 Å². The Kier molecular flexibility index (Phi) is 6.56. The summed E-state index contributed by atoms with van der Waals surface area (Å²) in [5, 5.41) is 10.1. The fourth-order valence-electron chi connectivity index (χ4n) is 4.07. The van der Waals surface area contributed by atoms with Gasteiger partial charge in [0.2, 0.25) is 0 Å². The molecule has 0 amide bonds. The molecule has 29 heavy (non-hydrogen) atoms. The van der Waals surface area contributed by atoms with Crippen molar-refractivity contribution in [2.24, 2.45) is 5.92 Å². The summed E-state index contributed by atoms with van der Waals surface area (Å²) in [6, 6.07) is 13.7. The van der Waals surface area contributed by atoms with E-state index in [0.717, 1.165) is 35.1 Å². The van der Waals surface area contributed by atoms with Crippen molar-refractivity contribution in [3.05, 3.63) is 48.0 Å². The number of piperidine rings is 1. The summed E-state index contributed by atoms with van der Waals surface area (Å²) in [5.41, 5.74) is 1.15. The van der Waals surface area contributed by atoms with Crippen molar-refractivity contribution in [1.29, 1.82) is 0 Å². The van der Waals surface area contributed by atoms with E-state index < -0.39 is 0 Å². The maximum atomic E-state index is 9.82. The molecular weight excluding hydrogens is 382 g/mol. The van der Waals surface area contributed by atoms with E-state index in [2.05, 4.69) is 43.0 Å². The molecule has 0 aliphatic carbocycles. The van der Waals surface area contributed by atoms with Crippen molar-refractivity contribution in [1.82, 2.24) is 4.90 Å².